The Labute approximate surface area is 76.2 Å². The molecule has 0 bridgehead atoms. The fourth-order valence-electron chi connectivity index (χ4n) is 0.258. The van der Waals surface area contributed by atoms with Crippen LogP contribution in [0.25, 0.3) is 0 Å². The SMILES string of the molecule is C=CC.C=CC.CCCC(O)O. The Bertz CT molecular complexity index is 71.9. The van der Waals surface area contributed by atoms with E-state index < -0.39 is 6.29 Å². The molecule has 0 rings (SSSR count). The van der Waals surface area contributed by atoms with Crippen LogP contribution in [-0.4, -0.2) is 16.5 Å². The molecule has 0 atom stereocenters. The molecule has 0 radical (unpaired) electrons. The standard InChI is InChI=1S/C4H10O2.2C3H6/c1-2-3-4(5)6;2*1-3-2/h4-6H,2-3H2,1H3;2*3H,1H2,2H3. The summed E-state index contributed by atoms with van der Waals surface area (Å²) in [5.74, 6) is 0. The zero-order valence-corrected chi connectivity index (χ0v) is 8.45. The topological polar surface area (TPSA) is 40.5 Å². The van der Waals surface area contributed by atoms with E-state index in [0.29, 0.717) is 6.42 Å². The summed E-state index contributed by atoms with van der Waals surface area (Å²) in [7, 11) is 0. The van der Waals surface area contributed by atoms with E-state index in [1.807, 2.05) is 20.8 Å². The third kappa shape index (κ3) is 115. The first kappa shape index (κ1) is 17.5. The van der Waals surface area contributed by atoms with Gasteiger partial charge in [0.2, 0.25) is 0 Å². The fourth-order valence-corrected chi connectivity index (χ4v) is 0.258. The number of aliphatic hydroxyl groups is 2. The lowest BCUT2D eigenvalue weighted by Gasteiger charge is -1.94. The van der Waals surface area contributed by atoms with Gasteiger partial charge in [-0.05, 0) is 20.3 Å². The molecule has 2 nitrogen and oxygen atoms in total. The summed E-state index contributed by atoms with van der Waals surface area (Å²) in [5.41, 5.74) is 0. The smallest absolute Gasteiger partial charge is 0.151 e. The third-order valence-electron chi connectivity index (χ3n) is 0.547. The van der Waals surface area contributed by atoms with Crippen LogP contribution in [-0.2, 0) is 0 Å². The molecule has 2 N–H and O–H groups in total. The Morgan fingerprint density at radius 2 is 1.42 bits per heavy atom. The molecule has 0 saturated heterocycles. The summed E-state index contributed by atoms with van der Waals surface area (Å²) in [6.07, 6.45) is 3.72. The van der Waals surface area contributed by atoms with E-state index in [9.17, 15) is 0 Å². The highest BCUT2D eigenvalue weighted by atomic mass is 16.5. The molecule has 0 aromatic heterocycles. The van der Waals surface area contributed by atoms with E-state index in [2.05, 4.69) is 13.2 Å². The Balaban J connectivity index is -0.000000115. The van der Waals surface area contributed by atoms with Gasteiger partial charge in [0.1, 0.15) is 0 Å². The first-order valence-electron chi connectivity index (χ1n) is 4.10. The Morgan fingerprint density at radius 1 is 1.17 bits per heavy atom. The molecule has 0 aliphatic rings. The molecule has 2 heteroatoms. The number of hydrogen-bond acceptors (Lipinski definition) is 2. The minimum atomic E-state index is -1.10. The van der Waals surface area contributed by atoms with Crippen molar-refractivity contribution < 1.29 is 10.2 Å². The predicted molar refractivity (Wildman–Crippen MR) is 54.9 cm³/mol. The Morgan fingerprint density at radius 3 is 1.42 bits per heavy atom. The van der Waals surface area contributed by atoms with Gasteiger partial charge in [-0.15, -0.1) is 13.2 Å². The number of aliphatic hydroxyl groups excluding tert-OH is 1. The lowest BCUT2D eigenvalue weighted by atomic mass is 10.3. The van der Waals surface area contributed by atoms with Gasteiger partial charge in [0.05, 0.1) is 0 Å². The largest absolute Gasteiger partial charge is 0.368 e. The highest BCUT2D eigenvalue weighted by molar-refractivity contribution is 4.51. The van der Waals surface area contributed by atoms with Gasteiger partial charge in [0, 0.05) is 0 Å². The quantitative estimate of drug-likeness (QED) is 0.499. The molecular formula is C10H22O2. The van der Waals surface area contributed by atoms with Crippen LogP contribution in [0.3, 0.4) is 0 Å². The number of hydrogen-bond donors (Lipinski definition) is 2. The Kier molecular flexibility index (Phi) is 32.7. The van der Waals surface area contributed by atoms with E-state index in [1.54, 1.807) is 12.2 Å². The van der Waals surface area contributed by atoms with Crippen LogP contribution in [0.4, 0.5) is 0 Å². The van der Waals surface area contributed by atoms with Crippen molar-refractivity contribution in [2.45, 2.75) is 39.9 Å². The molecule has 0 spiro atoms. The summed E-state index contributed by atoms with van der Waals surface area (Å²) < 4.78 is 0. The first-order valence-corrected chi connectivity index (χ1v) is 4.10. The van der Waals surface area contributed by atoms with Gasteiger partial charge < -0.3 is 10.2 Å². The van der Waals surface area contributed by atoms with Crippen LogP contribution < -0.4 is 0 Å². The minimum absolute atomic E-state index is 0.486. The lowest BCUT2D eigenvalue weighted by Crippen LogP contribution is -2.01. The van der Waals surface area contributed by atoms with Crippen molar-refractivity contribution in [3.63, 3.8) is 0 Å². The molecule has 0 aromatic carbocycles. The van der Waals surface area contributed by atoms with Crippen molar-refractivity contribution in [1.82, 2.24) is 0 Å². The van der Waals surface area contributed by atoms with E-state index >= 15 is 0 Å². The predicted octanol–water partition coefficient (Wildman–Crippen LogP) is 2.48. The summed E-state index contributed by atoms with van der Waals surface area (Å²) in [5, 5.41) is 16.2. The van der Waals surface area contributed by atoms with Gasteiger partial charge in [0.15, 0.2) is 6.29 Å². The van der Waals surface area contributed by atoms with Crippen molar-refractivity contribution in [1.29, 1.82) is 0 Å². The second-order valence-corrected chi connectivity index (χ2v) is 2.09. The molecule has 12 heavy (non-hydrogen) atoms. The van der Waals surface area contributed by atoms with E-state index in [-0.39, 0.29) is 0 Å². The zero-order chi connectivity index (χ0) is 10.4. The molecule has 0 aromatic rings. The third-order valence-corrected chi connectivity index (χ3v) is 0.547. The van der Waals surface area contributed by atoms with Crippen molar-refractivity contribution in [3.8, 4) is 0 Å². The van der Waals surface area contributed by atoms with Crippen molar-refractivity contribution >= 4 is 0 Å². The van der Waals surface area contributed by atoms with Crippen LogP contribution in [0.2, 0.25) is 0 Å². The van der Waals surface area contributed by atoms with Gasteiger partial charge >= 0.3 is 0 Å². The molecule has 74 valence electrons. The van der Waals surface area contributed by atoms with Crippen molar-refractivity contribution in [2.24, 2.45) is 0 Å². The molecule has 0 aliphatic carbocycles. The Hall–Kier alpha value is -0.600. The number of rotatable bonds is 2. The average molecular weight is 174 g/mol. The van der Waals surface area contributed by atoms with Crippen LogP contribution in [0, 0.1) is 0 Å². The second-order valence-electron chi connectivity index (χ2n) is 2.09. The highest BCUT2D eigenvalue weighted by Crippen LogP contribution is 1.88. The van der Waals surface area contributed by atoms with Crippen LogP contribution in [0.5, 0.6) is 0 Å². The molecule has 0 saturated carbocycles. The van der Waals surface area contributed by atoms with Gasteiger partial charge in [0.25, 0.3) is 0 Å². The molecule has 0 aliphatic heterocycles. The fraction of sp³-hybridized carbons (Fsp3) is 0.600. The van der Waals surface area contributed by atoms with E-state index in [0.717, 1.165) is 6.42 Å². The molecule has 0 fully saturated rings. The summed E-state index contributed by atoms with van der Waals surface area (Å²) in [6, 6.07) is 0. The van der Waals surface area contributed by atoms with Crippen LogP contribution in [0.1, 0.15) is 33.6 Å². The highest BCUT2D eigenvalue weighted by Gasteiger charge is 1.89. The van der Waals surface area contributed by atoms with Gasteiger partial charge in [-0.2, -0.15) is 0 Å². The van der Waals surface area contributed by atoms with Gasteiger partial charge in [-0.25, -0.2) is 0 Å². The minimum Gasteiger partial charge on any atom is -0.368 e. The van der Waals surface area contributed by atoms with Crippen molar-refractivity contribution in [3.05, 3.63) is 25.3 Å². The molecule has 0 unspecified atom stereocenters. The van der Waals surface area contributed by atoms with E-state index in [1.165, 1.54) is 0 Å². The summed E-state index contributed by atoms with van der Waals surface area (Å²) in [4.78, 5) is 0. The maximum absolute atomic E-state index is 8.11. The zero-order valence-electron chi connectivity index (χ0n) is 8.45. The normalized spacial score (nSPS) is 7.17. The first-order chi connectivity index (χ1) is 5.60. The summed E-state index contributed by atoms with van der Waals surface area (Å²) in [6.45, 7) is 12.4. The monoisotopic (exact) mass is 174 g/mol. The van der Waals surface area contributed by atoms with Crippen molar-refractivity contribution in [2.75, 3.05) is 0 Å². The van der Waals surface area contributed by atoms with Crippen LogP contribution in [0.15, 0.2) is 25.3 Å². The second kappa shape index (κ2) is 22.4. The maximum atomic E-state index is 8.11. The van der Waals surface area contributed by atoms with Gasteiger partial charge in [-0.3, -0.25) is 0 Å². The average Bonchev–Trinajstić information content (AvgIpc) is 1.89. The van der Waals surface area contributed by atoms with E-state index in [4.69, 9.17) is 10.2 Å². The molecular weight excluding hydrogens is 152 g/mol. The van der Waals surface area contributed by atoms with Crippen LogP contribution >= 0.6 is 0 Å². The lowest BCUT2D eigenvalue weighted by molar-refractivity contribution is -0.0453. The molecule has 0 amide bonds. The summed E-state index contributed by atoms with van der Waals surface area (Å²) >= 11 is 0. The molecule has 0 heterocycles. The number of allylic oxidation sites excluding steroid dienone is 2. The van der Waals surface area contributed by atoms with Gasteiger partial charge in [-0.1, -0.05) is 25.5 Å². The maximum Gasteiger partial charge on any atom is 0.151 e.